The summed E-state index contributed by atoms with van der Waals surface area (Å²) in [6.07, 6.45) is 6.80. The fraction of sp³-hybridized carbons (Fsp3) is 0.419. The number of carboxylic acid groups (broad SMARTS) is 1. The molecule has 208 valence electrons. The molecule has 0 saturated carbocycles. The number of phenolic OH excluding ortho intramolecular Hbond substituents is 2. The highest BCUT2D eigenvalue weighted by atomic mass is 16.5. The minimum absolute atomic E-state index is 0.0120. The third-order valence-electron chi connectivity index (χ3n) is 7.70. The van der Waals surface area contributed by atoms with Gasteiger partial charge in [0.2, 0.25) is 0 Å². The molecule has 0 aliphatic carbocycles. The molecule has 0 saturated heterocycles. The number of allylic oxidation sites excluding steroid dienone is 4. The molecule has 2 unspecified atom stereocenters. The van der Waals surface area contributed by atoms with Crippen molar-refractivity contribution in [2.45, 2.75) is 84.1 Å². The summed E-state index contributed by atoms with van der Waals surface area (Å²) < 4.78 is 6.40. The maximum atomic E-state index is 13.4. The van der Waals surface area contributed by atoms with Crippen molar-refractivity contribution in [3.63, 3.8) is 0 Å². The van der Waals surface area contributed by atoms with Crippen LogP contribution in [0.4, 0.5) is 0 Å². The monoisotopic (exact) mass is 535 g/mol. The van der Waals surface area contributed by atoms with E-state index < -0.39 is 29.6 Å². The van der Waals surface area contributed by atoms with E-state index in [4.69, 9.17) is 4.74 Å². The number of fused-ring (bicyclic) bond motifs is 3. The number of phenols is 2. The molecule has 2 aliphatic heterocycles. The van der Waals surface area contributed by atoms with Crippen LogP contribution in [0, 0.1) is 0 Å². The van der Waals surface area contributed by atoms with Crippen molar-refractivity contribution in [2.75, 3.05) is 0 Å². The second kappa shape index (κ2) is 11.1. The van der Waals surface area contributed by atoms with Gasteiger partial charge in [0.15, 0.2) is 6.04 Å². The number of rotatable bonds is 9. The zero-order chi connectivity index (χ0) is 28.5. The first-order valence-electron chi connectivity index (χ1n) is 13.3. The Balaban J connectivity index is 1.59. The van der Waals surface area contributed by atoms with Gasteiger partial charge in [0.25, 0.3) is 5.91 Å². The van der Waals surface area contributed by atoms with E-state index in [1.165, 1.54) is 46.4 Å². The minimum atomic E-state index is -1.29. The standard InChI is InChI=1S/C31H37NO7/c1-18(2)7-5-8-19(3)9-6-14-31(4)26(35)16-23-25(34)15-22-24(28(23)39-31)17-32(29(22)36)27(30(37)38)20-10-12-21(33)13-11-20/h7,9-13,15,26-27,33-35H,5-6,8,14,16-17H2,1-4H3,(H,37,38)/b19-9+/t26?,27-,31?/m1/s1. The number of aliphatic hydroxyl groups is 1. The van der Waals surface area contributed by atoms with Gasteiger partial charge in [-0.1, -0.05) is 35.4 Å². The summed E-state index contributed by atoms with van der Waals surface area (Å²) in [6.45, 7) is 8.05. The van der Waals surface area contributed by atoms with Gasteiger partial charge in [0, 0.05) is 17.5 Å². The summed E-state index contributed by atoms with van der Waals surface area (Å²) in [6, 6.07) is 5.74. The average Bonchev–Trinajstić information content (AvgIpc) is 3.17. The van der Waals surface area contributed by atoms with Crippen LogP contribution in [0.3, 0.4) is 0 Å². The lowest BCUT2D eigenvalue weighted by Gasteiger charge is -2.41. The van der Waals surface area contributed by atoms with Crippen molar-refractivity contribution >= 4 is 11.9 Å². The Labute approximate surface area is 228 Å². The Morgan fingerprint density at radius 3 is 2.46 bits per heavy atom. The lowest BCUT2D eigenvalue weighted by atomic mass is 9.84. The summed E-state index contributed by atoms with van der Waals surface area (Å²) in [7, 11) is 0. The van der Waals surface area contributed by atoms with Crippen molar-refractivity contribution in [3.8, 4) is 17.2 Å². The molecule has 1 amide bonds. The van der Waals surface area contributed by atoms with E-state index >= 15 is 0 Å². The molecule has 2 aromatic rings. The number of benzene rings is 2. The molecule has 39 heavy (non-hydrogen) atoms. The van der Waals surface area contributed by atoms with Crippen molar-refractivity contribution in [3.05, 3.63) is 75.9 Å². The normalized spacial score (nSPS) is 21.2. The van der Waals surface area contributed by atoms with Gasteiger partial charge in [-0.05, 0) is 77.1 Å². The van der Waals surface area contributed by atoms with Crippen LogP contribution in [-0.2, 0) is 17.8 Å². The second-order valence-electron chi connectivity index (χ2n) is 11.0. The molecule has 2 aliphatic rings. The fourth-order valence-corrected chi connectivity index (χ4v) is 5.34. The summed E-state index contributed by atoms with van der Waals surface area (Å²) in [5.41, 5.74) is 3.04. The fourth-order valence-electron chi connectivity index (χ4n) is 5.34. The molecule has 0 aromatic heterocycles. The van der Waals surface area contributed by atoms with Crippen LogP contribution in [-0.4, -0.2) is 48.9 Å². The van der Waals surface area contributed by atoms with E-state index in [1.807, 2.05) is 6.92 Å². The number of nitrogens with zero attached hydrogens (tertiary/aromatic N) is 1. The predicted molar refractivity (Wildman–Crippen MR) is 147 cm³/mol. The van der Waals surface area contributed by atoms with Crippen LogP contribution < -0.4 is 4.74 Å². The zero-order valence-electron chi connectivity index (χ0n) is 22.9. The zero-order valence-corrected chi connectivity index (χ0v) is 22.9. The number of hydrogen-bond acceptors (Lipinski definition) is 6. The Bertz CT molecular complexity index is 1320. The summed E-state index contributed by atoms with van der Waals surface area (Å²) in [4.78, 5) is 26.9. The highest BCUT2D eigenvalue weighted by Gasteiger charge is 2.46. The van der Waals surface area contributed by atoms with Gasteiger partial charge in [-0.3, -0.25) is 4.79 Å². The Morgan fingerprint density at radius 2 is 1.82 bits per heavy atom. The van der Waals surface area contributed by atoms with E-state index in [-0.39, 0.29) is 30.0 Å². The Morgan fingerprint density at radius 1 is 1.13 bits per heavy atom. The molecular formula is C31H37NO7. The molecule has 8 nitrogen and oxygen atoms in total. The first-order valence-corrected chi connectivity index (χ1v) is 13.3. The van der Waals surface area contributed by atoms with Crippen LogP contribution >= 0.6 is 0 Å². The summed E-state index contributed by atoms with van der Waals surface area (Å²) in [5.74, 6) is -1.58. The molecule has 2 heterocycles. The van der Waals surface area contributed by atoms with Gasteiger partial charge in [-0.25, -0.2) is 4.79 Å². The molecule has 0 fully saturated rings. The lowest BCUT2D eigenvalue weighted by molar-refractivity contribution is -0.142. The number of aliphatic hydroxyl groups excluding tert-OH is 1. The van der Waals surface area contributed by atoms with E-state index in [2.05, 4.69) is 32.9 Å². The van der Waals surface area contributed by atoms with Gasteiger partial charge in [0.1, 0.15) is 22.8 Å². The highest BCUT2D eigenvalue weighted by molar-refractivity contribution is 6.02. The molecule has 4 rings (SSSR count). The number of carbonyl (C=O) groups is 2. The topological polar surface area (TPSA) is 128 Å². The van der Waals surface area contributed by atoms with Crippen molar-refractivity contribution in [1.29, 1.82) is 0 Å². The van der Waals surface area contributed by atoms with Gasteiger partial charge in [-0.2, -0.15) is 0 Å². The summed E-state index contributed by atoms with van der Waals surface area (Å²) >= 11 is 0. The summed E-state index contributed by atoms with van der Waals surface area (Å²) in [5, 5.41) is 41.4. The Hall–Kier alpha value is -3.78. The molecule has 4 N–H and O–H groups in total. The van der Waals surface area contributed by atoms with Crippen LogP contribution in [0.25, 0.3) is 0 Å². The number of ether oxygens (including phenoxy) is 1. The third-order valence-corrected chi connectivity index (χ3v) is 7.70. The largest absolute Gasteiger partial charge is 0.508 e. The maximum Gasteiger partial charge on any atom is 0.331 e. The first kappa shape index (κ1) is 28.2. The quantitative estimate of drug-likeness (QED) is 0.316. The number of carbonyl (C=O) groups excluding carboxylic acids is 1. The molecule has 0 spiro atoms. The van der Waals surface area contributed by atoms with Crippen molar-refractivity contribution in [1.82, 2.24) is 4.90 Å². The van der Waals surface area contributed by atoms with Gasteiger partial charge >= 0.3 is 5.97 Å². The number of aliphatic carboxylic acids is 1. The van der Waals surface area contributed by atoms with Crippen LogP contribution in [0.1, 0.15) is 86.5 Å². The van der Waals surface area contributed by atoms with E-state index in [9.17, 15) is 30.0 Å². The third kappa shape index (κ3) is 5.81. The SMILES string of the molecule is CC(C)=CCC/C(C)=C/CCC1(C)Oc2c(c(O)cc3c2CN([C@@H](C(=O)O)c2ccc(O)cc2)C3=O)CC1O. The number of carboxylic acids is 1. The molecule has 3 atom stereocenters. The van der Waals surface area contributed by atoms with Gasteiger partial charge in [-0.15, -0.1) is 0 Å². The van der Waals surface area contributed by atoms with Gasteiger partial charge < -0.3 is 30.1 Å². The van der Waals surface area contributed by atoms with Gasteiger partial charge in [0.05, 0.1) is 18.2 Å². The van der Waals surface area contributed by atoms with Crippen molar-refractivity contribution < 1.29 is 34.8 Å². The number of hydrogen-bond donors (Lipinski definition) is 4. The number of amides is 1. The predicted octanol–water partition coefficient (Wildman–Crippen LogP) is 5.41. The number of aromatic hydroxyl groups is 2. The smallest absolute Gasteiger partial charge is 0.331 e. The van der Waals surface area contributed by atoms with Crippen LogP contribution in [0.5, 0.6) is 17.2 Å². The van der Waals surface area contributed by atoms with Crippen LogP contribution in [0.15, 0.2) is 53.6 Å². The van der Waals surface area contributed by atoms with Crippen LogP contribution in [0.2, 0.25) is 0 Å². The van der Waals surface area contributed by atoms with Crippen molar-refractivity contribution in [2.24, 2.45) is 0 Å². The van der Waals surface area contributed by atoms with E-state index in [1.54, 1.807) is 0 Å². The Kier molecular flexibility index (Phi) is 8.07. The highest BCUT2D eigenvalue weighted by Crippen LogP contribution is 2.47. The van der Waals surface area contributed by atoms with E-state index in [0.29, 0.717) is 35.3 Å². The maximum absolute atomic E-state index is 13.4. The average molecular weight is 536 g/mol. The lowest BCUT2D eigenvalue weighted by Crippen LogP contribution is -2.49. The second-order valence-corrected chi connectivity index (χ2v) is 11.0. The minimum Gasteiger partial charge on any atom is -0.508 e. The van der Waals surface area contributed by atoms with E-state index in [0.717, 1.165) is 12.8 Å². The molecule has 0 radical (unpaired) electrons. The molecule has 2 aromatic carbocycles. The first-order chi connectivity index (χ1) is 18.4. The molecule has 8 heteroatoms. The molecular weight excluding hydrogens is 498 g/mol. The molecule has 0 bridgehead atoms.